The van der Waals surface area contributed by atoms with Crippen LogP contribution in [0.3, 0.4) is 0 Å². The second kappa shape index (κ2) is 7.00. The number of benzene rings is 2. The molecule has 0 bridgehead atoms. The Balaban J connectivity index is 1.43. The molecule has 1 fully saturated rings. The number of carbonyl (C=O) groups excluding carboxylic acids is 1. The van der Waals surface area contributed by atoms with Crippen molar-refractivity contribution in [3.05, 3.63) is 60.3 Å². The van der Waals surface area contributed by atoms with E-state index in [1.807, 2.05) is 59.5 Å². The number of methoxy groups -OCH3 is 1. The first-order valence-electron chi connectivity index (χ1n) is 8.65. The minimum atomic E-state index is -0.0577. The number of rotatable bonds is 3. The van der Waals surface area contributed by atoms with Crippen LogP contribution in [0.15, 0.2) is 54.6 Å². The van der Waals surface area contributed by atoms with E-state index >= 15 is 0 Å². The molecule has 0 spiro atoms. The molecule has 6 heteroatoms. The third-order valence-electron chi connectivity index (χ3n) is 4.72. The molecule has 0 unspecified atom stereocenters. The summed E-state index contributed by atoms with van der Waals surface area (Å²) in [4.78, 5) is 16.9. The van der Waals surface area contributed by atoms with E-state index in [1.54, 1.807) is 7.11 Å². The quantitative estimate of drug-likeness (QED) is 0.728. The van der Waals surface area contributed by atoms with Gasteiger partial charge in [0.2, 0.25) is 0 Å². The molecule has 3 aromatic rings. The summed E-state index contributed by atoms with van der Waals surface area (Å²) in [7, 11) is 1.66. The number of piperazine rings is 1. The summed E-state index contributed by atoms with van der Waals surface area (Å²) in [5, 5.41) is 9.20. The van der Waals surface area contributed by atoms with E-state index in [9.17, 15) is 4.79 Å². The van der Waals surface area contributed by atoms with Crippen LogP contribution in [-0.4, -0.2) is 54.3 Å². The molecule has 1 aromatic heterocycles. The number of amides is 1. The van der Waals surface area contributed by atoms with E-state index in [1.165, 1.54) is 0 Å². The maximum absolute atomic E-state index is 12.8. The van der Waals surface area contributed by atoms with Crippen LogP contribution >= 0.6 is 0 Å². The molecule has 0 N–H and O–H groups in total. The second-order valence-corrected chi connectivity index (χ2v) is 6.27. The standard InChI is InChI=1S/C20H20N4O2/c1-26-17-8-6-16(7-9-17)23-10-12-24(13-11-23)20(25)19-14-15-4-2-3-5-18(15)21-22-19/h2-9,14H,10-13H2,1H3. The largest absolute Gasteiger partial charge is 0.497 e. The van der Waals surface area contributed by atoms with Crippen LogP contribution in [-0.2, 0) is 0 Å². The van der Waals surface area contributed by atoms with Crippen LogP contribution in [0.5, 0.6) is 5.75 Å². The highest BCUT2D eigenvalue weighted by Gasteiger charge is 2.23. The number of hydrogen-bond acceptors (Lipinski definition) is 5. The molecule has 1 aliphatic heterocycles. The van der Waals surface area contributed by atoms with Crippen molar-refractivity contribution in [3.8, 4) is 5.75 Å². The minimum absolute atomic E-state index is 0.0577. The van der Waals surface area contributed by atoms with Crippen molar-refractivity contribution in [1.29, 1.82) is 0 Å². The van der Waals surface area contributed by atoms with Crippen molar-refractivity contribution in [2.75, 3.05) is 38.2 Å². The number of hydrogen-bond donors (Lipinski definition) is 0. The van der Waals surface area contributed by atoms with Gasteiger partial charge in [0, 0.05) is 37.3 Å². The highest BCUT2D eigenvalue weighted by atomic mass is 16.5. The van der Waals surface area contributed by atoms with Gasteiger partial charge in [0.15, 0.2) is 5.69 Å². The van der Waals surface area contributed by atoms with Crippen molar-refractivity contribution in [2.24, 2.45) is 0 Å². The summed E-state index contributed by atoms with van der Waals surface area (Å²) >= 11 is 0. The first-order chi connectivity index (χ1) is 12.7. The SMILES string of the molecule is COc1ccc(N2CCN(C(=O)c3cc4ccccc4nn3)CC2)cc1. The summed E-state index contributed by atoms with van der Waals surface area (Å²) in [6.07, 6.45) is 0. The van der Waals surface area contributed by atoms with Crippen LogP contribution in [0.1, 0.15) is 10.5 Å². The Labute approximate surface area is 152 Å². The Kier molecular flexibility index (Phi) is 4.39. The molecule has 1 saturated heterocycles. The molecule has 0 radical (unpaired) electrons. The lowest BCUT2D eigenvalue weighted by Crippen LogP contribution is -2.49. The molecule has 0 saturated carbocycles. The molecule has 0 atom stereocenters. The normalized spacial score (nSPS) is 14.5. The number of nitrogens with zero attached hydrogens (tertiary/aromatic N) is 4. The van der Waals surface area contributed by atoms with E-state index in [0.29, 0.717) is 18.8 Å². The molecule has 26 heavy (non-hydrogen) atoms. The van der Waals surface area contributed by atoms with E-state index in [4.69, 9.17) is 4.74 Å². The van der Waals surface area contributed by atoms with Gasteiger partial charge in [-0.25, -0.2) is 0 Å². The van der Waals surface area contributed by atoms with Gasteiger partial charge in [0.05, 0.1) is 12.6 Å². The Bertz CT molecular complexity index is 919. The average molecular weight is 348 g/mol. The summed E-state index contributed by atoms with van der Waals surface area (Å²) in [5.41, 5.74) is 2.35. The smallest absolute Gasteiger partial charge is 0.274 e. The highest BCUT2D eigenvalue weighted by Crippen LogP contribution is 2.21. The van der Waals surface area contributed by atoms with E-state index in [2.05, 4.69) is 15.1 Å². The molecule has 2 heterocycles. The first-order valence-corrected chi connectivity index (χ1v) is 8.65. The van der Waals surface area contributed by atoms with Crippen LogP contribution in [0, 0.1) is 0 Å². The van der Waals surface area contributed by atoms with Gasteiger partial charge in [-0.2, -0.15) is 0 Å². The fourth-order valence-corrected chi connectivity index (χ4v) is 3.21. The molecule has 0 aliphatic carbocycles. The molecule has 1 aliphatic rings. The highest BCUT2D eigenvalue weighted by molar-refractivity contribution is 5.95. The van der Waals surface area contributed by atoms with Crippen molar-refractivity contribution in [3.63, 3.8) is 0 Å². The summed E-state index contributed by atoms with van der Waals surface area (Å²) in [6.45, 7) is 2.91. The lowest BCUT2D eigenvalue weighted by molar-refractivity contribution is 0.0740. The van der Waals surface area contributed by atoms with Crippen LogP contribution in [0.4, 0.5) is 5.69 Å². The van der Waals surface area contributed by atoms with Crippen LogP contribution < -0.4 is 9.64 Å². The van der Waals surface area contributed by atoms with Crippen molar-refractivity contribution >= 4 is 22.5 Å². The van der Waals surface area contributed by atoms with Gasteiger partial charge in [0.25, 0.3) is 5.91 Å². The number of ether oxygens (including phenoxy) is 1. The Morgan fingerprint density at radius 2 is 1.69 bits per heavy atom. The maximum Gasteiger partial charge on any atom is 0.274 e. The summed E-state index contributed by atoms with van der Waals surface area (Å²) < 4.78 is 5.20. The van der Waals surface area contributed by atoms with Gasteiger partial charge < -0.3 is 14.5 Å². The fourth-order valence-electron chi connectivity index (χ4n) is 3.21. The van der Waals surface area contributed by atoms with Crippen molar-refractivity contribution in [1.82, 2.24) is 15.1 Å². The monoisotopic (exact) mass is 348 g/mol. The molecule has 132 valence electrons. The lowest BCUT2D eigenvalue weighted by Gasteiger charge is -2.36. The summed E-state index contributed by atoms with van der Waals surface area (Å²) in [5.74, 6) is 0.787. The van der Waals surface area contributed by atoms with Gasteiger partial charge in [-0.1, -0.05) is 18.2 Å². The van der Waals surface area contributed by atoms with Gasteiger partial charge >= 0.3 is 0 Å². The van der Waals surface area contributed by atoms with E-state index in [0.717, 1.165) is 35.4 Å². The van der Waals surface area contributed by atoms with Crippen LogP contribution in [0.25, 0.3) is 10.9 Å². The zero-order chi connectivity index (χ0) is 17.9. The minimum Gasteiger partial charge on any atom is -0.497 e. The lowest BCUT2D eigenvalue weighted by atomic mass is 10.2. The van der Waals surface area contributed by atoms with Gasteiger partial charge in [-0.3, -0.25) is 4.79 Å². The topological polar surface area (TPSA) is 58.6 Å². The zero-order valence-electron chi connectivity index (χ0n) is 14.6. The molecular formula is C20H20N4O2. The third-order valence-corrected chi connectivity index (χ3v) is 4.72. The first kappa shape index (κ1) is 16.3. The Hall–Kier alpha value is -3.15. The predicted molar refractivity (Wildman–Crippen MR) is 101 cm³/mol. The fraction of sp³-hybridized carbons (Fsp3) is 0.250. The van der Waals surface area contributed by atoms with Gasteiger partial charge in [0.1, 0.15) is 5.75 Å². The predicted octanol–water partition coefficient (Wildman–Crippen LogP) is 2.60. The Morgan fingerprint density at radius 1 is 0.962 bits per heavy atom. The number of aromatic nitrogens is 2. The second-order valence-electron chi connectivity index (χ2n) is 6.27. The molecule has 6 nitrogen and oxygen atoms in total. The molecule has 2 aromatic carbocycles. The van der Waals surface area contributed by atoms with E-state index in [-0.39, 0.29) is 5.91 Å². The molecule has 4 rings (SSSR count). The third kappa shape index (κ3) is 3.18. The molecular weight excluding hydrogens is 328 g/mol. The van der Waals surface area contributed by atoms with Crippen molar-refractivity contribution in [2.45, 2.75) is 0 Å². The van der Waals surface area contributed by atoms with Gasteiger partial charge in [-0.15, -0.1) is 10.2 Å². The van der Waals surface area contributed by atoms with Gasteiger partial charge in [-0.05, 0) is 36.4 Å². The molecule has 1 amide bonds. The number of anilines is 1. The number of fused-ring (bicyclic) bond motifs is 1. The Morgan fingerprint density at radius 3 is 2.42 bits per heavy atom. The van der Waals surface area contributed by atoms with E-state index < -0.39 is 0 Å². The average Bonchev–Trinajstić information content (AvgIpc) is 2.73. The van der Waals surface area contributed by atoms with Crippen molar-refractivity contribution < 1.29 is 9.53 Å². The zero-order valence-corrected chi connectivity index (χ0v) is 14.6. The van der Waals surface area contributed by atoms with Crippen LogP contribution in [0.2, 0.25) is 0 Å². The summed E-state index contributed by atoms with van der Waals surface area (Å²) in [6, 6.07) is 17.5. The number of carbonyl (C=O) groups is 1. The maximum atomic E-state index is 12.8.